The van der Waals surface area contributed by atoms with Gasteiger partial charge in [0.15, 0.2) is 0 Å². The molecule has 0 spiro atoms. The minimum atomic E-state index is -0.792. The molecule has 0 aliphatic heterocycles. The maximum absolute atomic E-state index is 11.8. The molecular weight excluding hydrogens is 620 g/mol. The third-order valence-electron chi connectivity index (χ3n) is 4.35. The van der Waals surface area contributed by atoms with Crippen LogP contribution in [0.4, 0.5) is 4.79 Å². The average Bonchev–Trinajstić information content (AvgIpc) is 2.76. The van der Waals surface area contributed by atoms with Crippen molar-refractivity contribution < 1.29 is 28.6 Å². The van der Waals surface area contributed by atoms with Crippen molar-refractivity contribution in [1.29, 1.82) is 0 Å². The van der Waals surface area contributed by atoms with E-state index in [-0.39, 0.29) is 18.4 Å². The number of hydrogen-bond acceptors (Lipinski definition) is 7. The van der Waals surface area contributed by atoms with Crippen molar-refractivity contribution in [1.82, 2.24) is 5.32 Å². The molecule has 3 N–H and O–H groups in total. The van der Waals surface area contributed by atoms with E-state index in [2.05, 4.69) is 41.9 Å². The van der Waals surface area contributed by atoms with E-state index < -0.39 is 29.7 Å². The van der Waals surface area contributed by atoms with E-state index >= 15 is 0 Å². The number of carbonyl (C=O) groups is 3. The predicted molar refractivity (Wildman–Crippen MR) is 148 cm³/mol. The Kier molecular flexibility index (Phi) is 15.6. The molecule has 0 fully saturated rings. The van der Waals surface area contributed by atoms with E-state index in [1.807, 2.05) is 48.5 Å². The number of ether oxygens (including phenoxy) is 3. The van der Waals surface area contributed by atoms with Gasteiger partial charge in [0.2, 0.25) is 0 Å². The second kappa shape index (κ2) is 16.6. The van der Waals surface area contributed by atoms with Crippen LogP contribution >= 0.6 is 44.3 Å². The molecule has 0 saturated carbocycles. The lowest BCUT2D eigenvalue weighted by Crippen LogP contribution is -2.45. The lowest BCUT2D eigenvalue weighted by atomic mass is 10.1. The maximum Gasteiger partial charge on any atom is 0.408 e. The quantitative estimate of drug-likeness (QED) is 0.321. The topological polar surface area (TPSA) is 117 Å². The van der Waals surface area contributed by atoms with Gasteiger partial charge in [-0.05, 0) is 62.6 Å². The van der Waals surface area contributed by atoms with Crippen LogP contribution in [0.2, 0.25) is 0 Å². The van der Waals surface area contributed by atoms with Crippen molar-refractivity contribution >= 4 is 62.3 Å². The minimum absolute atomic E-state index is 0. The summed E-state index contributed by atoms with van der Waals surface area (Å²) >= 11 is 6.72. The SMILES string of the molecule is COC(=O)[C@@H](Cc1cccc(Br)c1)NC(=O)OC(C)(C)C.COC(=O)[C@H](N)Cc1cccc(Br)c1.Cl. The number of halogens is 3. The zero-order valence-electron chi connectivity index (χ0n) is 20.9. The molecule has 0 aliphatic carbocycles. The highest BCUT2D eigenvalue weighted by atomic mass is 79.9. The Hall–Kier alpha value is -2.14. The van der Waals surface area contributed by atoms with Crippen molar-refractivity contribution in [3.05, 3.63) is 68.6 Å². The molecule has 2 atom stereocenters. The van der Waals surface area contributed by atoms with Gasteiger partial charge >= 0.3 is 18.0 Å². The van der Waals surface area contributed by atoms with Gasteiger partial charge < -0.3 is 25.3 Å². The van der Waals surface area contributed by atoms with Gasteiger partial charge in [0, 0.05) is 15.4 Å². The predicted octanol–water partition coefficient (Wildman–Crippen LogP) is 4.97. The Morgan fingerprint density at radius 1 is 0.889 bits per heavy atom. The number of alkyl carbamates (subject to hydrolysis) is 1. The van der Waals surface area contributed by atoms with E-state index in [0.717, 1.165) is 20.1 Å². The van der Waals surface area contributed by atoms with Gasteiger partial charge in [0.1, 0.15) is 17.7 Å². The van der Waals surface area contributed by atoms with Crippen LogP contribution in [0.5, 0.6) is 0 Å². The summed E-state index contributed by atoms with van der Waals surface area (Å²) in [4.78, 5) is 34.6. The van der Waals surface area contributed by atoms with Crippen LogP contribution in [0.25, 0.3) is 0 Å². The van der Waals surface area contributed by atoms with Crippen LogP contribution in [0, 0.1) is 0 Å². The van der Waals surface area contributed by atoms with E-state index in [0.29, 0.717) is 12.8 Å². The summed E-state index contributed by atoms with van der Waals surface area (Å²) in [6.07, 6.45) is 0.171. The summed E-state index contributed by atoms with van der Waals surface area (Å²) in [6, 6.07) is 13.8. The van der Waals surface area contributed by atoms with Crippen molar-refractivity contribution in [2.75, 3.05) is 14.2 Å². The molecular formula is C25H33Br2ClN2O6. The second-order valence-corrected chi connectivity index (χ2v) is 10.4. The molecule has 0 radical (unpaired) electrons. The summed E-state index contributed by atoms with van der Waals surface area (Å²) in [5.74, 6) is -0.897. The van der Waals surface area contributed by atoms with Gasteiger partial charge in [-0.1, -0.05) is 56.1 Å². The zero-order chi connectivity index (χ0) is 26.6. The monoisotopic (exact) mass is 650 g/mol. The molecule has 0 bridgehead atoms. The molecule has 1 amide bonds. The Labute approximate surface area is 235 Å². The zero-order valence-corrected chi connectivity index (χ0v) is 24.9. The fraction of sp³-hybridized carbons (Fsp3) is 0.400. The van der Waals surface area contributed by atoms with Crippen LogP contribution in [-0.2, 0) is 36.6 Å². The average molecular weight is 653 g/mol. The van der Waals surface area contributed by atoms with Gasteiger partial charge in [0.25, 0.3) is 0 Å². The second-order valence-electron chi connectivity index (χ2n) is 8.52. The summed E-state index contributed by atoms with van der Waals surface area (Å²) in [5.41, 5.74) is 6.91. The van der Waals surface area contributed by atoms with Gasteiger partial charge in [-0.3, -0.25) is 4.79 Å². The normalized spacial score (nSPS) is 12.0. The van der Waals surface area contributed by atoms with Crippen molar-refractivity contribution in [3.63, 3.8) is 0 Å². The minimum Gasteiger partial charge on any atom is -0.468 e. The lowest BCUT2D eigenvalue weighted by molar-refractivity contribution is -0.143. The van der Waals surface area contributed by atoms with E-state index in [4.69, 9.17) is 15.2 Å². The first-order chi connectivity index (χ1) is 16.3. The molecule has 200 valence electrons. The number of amides is 1. The standard InChI is InChI=1S/C15H20BrNO4.C10H12BrNO2.ClH/c1-15(2,3)21-14(19)17-12(13(18)20-4)9-10-6-5-7-11(16)8-10;1-14-10(13)9(12)6-7-3-2-4-8(11)5-7;/h5-8,12H,9H2,1-4H3,(H,17,19);2-5,9H,6,12H2,1H3;1H/t12-;9-;/m11./s1. The Morgan fingerprint density at radius 2 is 1.36 bits per heavy atom. The summed E-state index contributed by atoms with van der Waals surface area (Å²) in [7, 11) is 2.62. The molecule has 2 aromatic carbocycles. The molecule has 2 rings (SSSR count). The fourth-order valence-electron chi connectivity index (χ4n) is 2.84. The van der Waals surface area contributed by atoms with Gasteiger partial charge in [-0.25, -0.2) is 9.59 Å². The molecule has 2 aromatic rings. The highest BCUT2D eigenvalue weighted by molar-refractivity contribution is 9.10. The number of hydrogen-bond donors (Lipinski definition) is 2. The van der Waals surface area contributed by atoms with Crippen LogP contribution in [0.1, 0.15) is 31.9 Å². The third kappa shape index (κ3) is 13.8. The summed E-state index contributed by atoms with van der Waals surface area (Å²) < 4.78 is 16.3. The van der Waals surface area contributed by atoms with Crippen LogP contribution in [-0.4, -0.2) is 49.9 Å². The number of esters is 2. The number of nitrogens with two attached hydrogens (primary N) is 1. The number of methoxy groups -OCH3 is 2. The number of nitrogens with one attached hydrogen (secondary N) is 1. The molecule has 0 aromatic heterocycles. The Bertz CT molecular complexity index is 1000. The van der Waals surface area contributed by atoms with Crippen LogP contribution in [0.3, 0.4) is 0 Å². The van der Waals surface area contributed by atoms with E-state index in [9.17, 15) is 14.4 Å². The Balaban J connectivity index is 0.000000713. The van der Waals surface area contributed by atoms with Crippen LogP contribution < -0.4 is 11.1 Å². The first-order valence-electron chi connectivity index (χ1n) is 10.7. The number of benzene rings is 2. The Morgan fingerprint density at radius 3 is 1.78 bits per heavy atom. The molecule has 8 nitrogen and oxygen atoms in total. The van der Waals surface area contributed by atoms with Gasteiger partial charge in [-0.15, -0.1) is 12.4 Å². The fourth-order valence-corrected chi connectivity index (χ4v) is 3.73. The highest BCUT2D eigenvalue weighted by Crippen LogP contribution is 2.15. The van der Waals surface area contributed by atoms with Crippen molar-refractivity contribution in [2.24, 2.45) is 5.73 Å². The van der Waals surface area contributed by atoms with Gasteiger partial charge in [0.05, 0.1) is 14.2 Å². The third-order valence-corrected chi connectivity index (χ3v) is 5.34. The first-order valence-corrected chi connectivity index (χ1v) is 12.3. The number of carbonyl (C=O) groups excluding carboxylic acids is 3. The summed E-state index contributed by atoms with van der Waals surface area (Å²) in [6.45, 7) is 5.27. The molecule has 0 unspecified atom stereocenters. The van der Waals surface area contributed by atoms with E-state index in [1.165, 1.54) is 14.2 Å². The smallest absolute Gasteiger partial charge is 0.408 e. The molecule has 36 heavy (non-hydrogen) atoms. The van der Waals surface area contributed by atoms with E-state index in [1.54, 1.807) is 20.8 Å². The van der Waals surface area contributed by atoms with Crippen LogP contribution in [0.15, 0.2) is 57.5 Å². The maximum atomic E-state index is 11.8. The van der Waals surface area contributed by atoms with Crippen molar-refractivity contribution in [3.8, 4) is 0 Å². The highest BCUT2D eigenvalue weighted by Gasteiger charge is 2.25. The first kappa shape index (κ1) is 33.9. The molecule has 0 heterocycles. The molecule has 0 saturated heterocycles. The lowest BCUT2D eigenvalue weighted by Gasteiger charge is -2.22. The van der Waals surface area contributed by atoms with Crippen molar-refractivity contribution in [2.45, 2.75) is 51.3 Å². The molecule has 11 heteroatoms. The largest absolute Gasteiger partial charge is 0.468 e. The molecule has 0 aliphatic rings. The summed E-state index contributed by atoms with van der Waals surface area (Å²) in [5, 5.41) is 2.54. The van der Waals surface area contributed by atoms with Gasteiger partial charge in [-0.2, -0.15) is 0 Å². The number of rotatable bonds is 7.